The predicted molar refractivity (Wildman–Crippen MR) is 80.9 cm³/mol. The van der Waals surface area contributed by atoms with E-state index in [9.17, 15) is 5.11 Å². The molecular weight excluding hydrogens is 239 g/mol. The lowest BCUT2D eigenvalue weighted by atomic mass is 9.90. The van der Waals surface area contributed by atoms with Crippen LogP contribution in [0.4, 0.5) is 0 Å². The largest absolute Gasteiger partial charge is 0.824 e. The van der Waals surface area contributed by atoms with Gasteiger partial charge in [-0.15, -0.1) is 13.7 Å². The van der Waals surface area contributed by atoms with E-state index in [0.717, 1.165) is 31.3 Å². The molecule has 2 heteroatoms. The van der Waals surface area contributed by atoms with Gasteiger partial charge in [-0.3, -0.25) is 0 Å². The maximum absolute atomic E-state index is 12.5. The van der Waals surface area contributed by atoms with Crippen molar-refractivity contribution in [2.24, 2.45) is 0 Å². The summed E-state index contributed by atoms with van der Waals surface area (Å²) in [7, 11) is 0.933. The summed E-state index contributed by atoms with van der Waals surface area (Å²) < 4.78 is 0. The van der Waals surface area contributed by atoms with Crippen LogP contribution in [-0.2, 0) is 0 Å². The van der Waals surface area contributed by atoms with Crippen molar-refractivity contribution in [2.75, 3.05) is 0 Å². The first-order valence-electron chi connectivity index (χ1n) is 6.63. The van der Waals surface area contributed by atoms with E-state index in [1.807, 2.05) is 0 Å². The standard InChI is InChI=1S/C16H25OP/c1-8-9(2)18-16(17)15-13(6)11(4)10(3)12(5)14(15)7/h9,17H,8H2,1-7H3/p-1. The molecule has 0 heterocycles. The number of hydrogen-bond acceptors (Lipinski definition) is 1. The molecule has 0 fully saturated rings. The zero-order valence-electron chi connectivity index (χ0n) is 12.6. The van der Waals surface area contributed by atoms with Crippen molar-refractivity contribution in [3.63, 3.8) is 0 Å². The third-order valence-corrected chi connectivity index (χ3v) is 5.41. The minimum absolute atomic E-state index is 0.283. The highest BCUT2D eigenvalue weighted by atomic mass is 31.1. The molecule has 0 saturated carbocycles. The van der Waals surface area contributed by atoms with Crippen molar-refractivity contribution in [1.82, 2.24) is 0 Å². The maximum Gasteiger partial charge on any atom is -0.00317 e. The highest BCUT2D eigenvalue weighted by Crippen LogP contribution is 2.28. The van der Waals surface area contributed by atoms with Gasteiger partial charge in [0.05, 0.1) is 0 Å². The van der Waals surface area contributed by atoms with E-state index >= 15 is 0 Å². The third-order valence-electron chi connectivity index (χ3n) is 4.14. The van der Waals surface area contributed by atoms with Crippen LogP contribution in [-0.4, -0.2) is 11.1 Å². The van der Waals surface area contributed by atoms with Gasteiger partial charge in [-0.05, 0) is 80.1 Å². The van der Waals surface area contributed by atoms with Gasteiger partial charge in [0.15, 0.2) is 0 Å². The van der Waals surface area contributed by atoms with Gasteiger partial charge >= 0.3 is 0 Å². The Kier molecular flexibility index (Phi) is 5.13. The van der Waals surface area contributed by atoms with Crippen LogP contribution < -0.4 is 5.11 Å². The summed E-state index contributed by atoms with van der Waals surface area (Å²) in [4.78, 5) is 0. The summed E-state index contributed by atoms with van der Waals surface area (Å²) in [6, 6.07) is 0. The zero-order chi connectivity index (χ0) is 14.0. The Labute approximate surface area is 113 Å². The van der Waals surface area contributed by atoms with Crippen LogP contribution >= 0.6 is 8.20 Å². The van der Waals surface area contributed by atoms with Crippen LogP contribution in [0.5, 0.6) is 0 Å². The van der Waals surface area contributed by atoms with E-state index in [4.69, 9.17) is 0 Å². The van der Waals surface area contributed by atoms with E-state index in [-0.39, 0.29) is 5.48 Å². The minimum atomic E-state index is 0.283. The SMILES string of the molecule is CCC(C)P=C([O-])c1c(C)c(C)c(C)c(C)c1C. The van der Waals surface area contributed by atoms with Crippen molar-refractivity contribution in [3.05, 3.63) is 33.4 Å². The fourth-order valence-electron chi connectivity index (χ4n) is 2.18. The van der Waals surface area contributed by atoms with Crippen LogP contribution in [0.1, 0.15) is 53.6 Å². The molecule has 0 aromatic heterocycles. The zero-order valence-corrected chi connectivity index (χ0v) is 13.5. The lowest BCUT2D eigenvalue weighted by Gasteiger charge is -2.24. The van der Waals surface area contributed by atoms with Gasteiger partial charge in [0.25, 0.3) is 0 Å². The van der Waals surface area contributed by atoms with Crippen LogP contribution in [0.25, 0.3) is 0 Å². The molecule has 100 valence electrons. The summed E-state index contributed by atoms with van der Waals surface area (Å²) in [5.74, 6) is 0. The summed E-state index contributed by atoms with van der Waals surface area (Å²) in [6.07, 6.45) is 1.05. The highest BCUT2D eigenvalue weighted by molar-refractivity contribution is 7.41. The Hall–Kier alpha value is -0.650. The fourth-order valence-corrected chi connectivity index (χ4v) is 3.22. The van der Waals surface area contributed by atoms with Gasteiger partial charge in [-0.2, -0.15) is 0 Å². The topological polar surface area (TPSA) is 23.1 Å². The van der Waals surface area contributed by atoms with Crippen molar-refractivity contribution in [1.29, 1.82) is 0 Å². The summed E-state index contributed by atoms with van der Waals surface area (Å²) >= 11 is 0. The van der Waals surface area contributed by atoms with Crippen molar-refractivity contribution < 1.29 is 5.11 Å². The summed E-state index contributed by atoms with van der Waals surface area (Å²) in [5.41, 5.74) is 7.86. The number of benzene rings is 1. The average Bonchev–Trinajstić information content (AvgIpc) is 2.34. The van der Waals surface area contributed by atoms with Crippen LogP contribution in [0.2, 0.25) is 0 Å². The second-order valence-electron chi connectivity index (χ2n) is 5.19. The average molecular weight is 263 g/mol. The lowest BCUT2D eigenvalue weighted by Crippen LogP contribution is -2.21. The van der Waals surface area contributed by atoms with Crippen molar-refractivity contribution >= 4 is 13.7 Å². The molecule has 0 N–H and O–H groups in total. The van der Waals surface area contributed by atoms with E-state index in [1.54, 1.807) is 0 Å². The molecule has 0 aliphatic rings. The Morgan fingerprint density at radius 2 is 1.33 bits per heavy atom. The molecule has 0 aliphatic heterocycles. The molecule has 1 atom stereocenters. The van der Waals surface area contributed by atoms with Gasteiger partial charge in [0, 0.05) is 0 Å². The quantitative estimate of drug-likeness (QED) is 0.760. The Bertz CT molecular complexity index is 457. The first-order chi connectivity index (χ1) is 8.31. The first-order valence-corrected chi connectivity index (χ1v) is 7.59. The molecule has 0 bridgehead atoms. The fraction of sp³-hybridized carbons (Fsp3) is 0.562. The predicted octanol–water partition coefficient (Wildman–Crippen LogP) is 3.81. The molecule has 1 unspecified atom stereocenters. The number of rotatable bonds is 3. The van der Waals surface area contributed by atoms with E-state index < -0.39 is 0 Å². The molecule has 0 saturated heterocycles. The second kappa shape index (κ2) is 5.99. The highest BCUT2D eigenvalue weighted by Gasteiger charge is 2.11. The third kappa shape index (κ3) is 2.84. The molecule has 18 heavy (non-hydrogen) atoms. The molecule has 0 amide bonds. The van der Waals surface area contributed by atoms with Crippen molar-refractivity contribution in [3.8, 4) is 0 Å². The van der Waals surface area contributed by atoms with Gasteiger partial charge in [0.1, 0.15) is 0 Å². The van der Waals surface area contributed by atoms with Gasteiger partial charge in [-0.1, -0.05) is 13.8 Å². The molecule has 1 aromatic carbocycles. The first kappa shape index (κ1) is 15.4. The molecule has 0 aliphatic carbocycles. The van der Waals surface area contributed by atoms with Crippen molar-refractivity contribution in [2.45, 2.75) is 60.5 Å². The maximum atomic E-state index is 12.5. The summed E-state index contributed by atoms with van der Waals surface area (Å²) in [6.45, 7) is 14.8. The van der Waals surface area contributed by atoms with Gasteiger partial charge < -0.3 is 5.11 Å². The molecule has 1 rings (SSSR count). The smallest absolute Gasteiger partial charge is 0.00317 e. The molecule has 1 nitrogen and oxygen atoms in total. The van der Waals surface area contributed by atoms with E-state index in [1.165, 1.54) is 16.7 Å². The Balaban J connectivity index is 3.47. The van der Waals surface area contributed by atoms with Gasteiger partial charge in [0.2, 0.25) is 0 Å². The lowest BCUT2D eigenvalue weighted by molar-refractivity contribution is -0.207. The van der Waals surface area contributed by atoms with Crippen LogP contribution in [0, 0.1) is 34.6 Å². The summed E-state index contributed by atoms with van der Waals surface area (Å²) in [5, 5.41) is 12.5. The van der Waals surface area contributed by atoms with E-state index in [0.29, 0.717) is 5.66 Å². The Morgan fingerprint density at radius 3 is 1.72 bits per heavy atom. The normalized spacial score (nSPS) is 13.9. The van der Waals surface area contributed by atoms with Gasteiger partial charge in [-0.25, -0.2) is 0 Å². The van der Waals surface area contributed by atoms with E-state index in [2.05, 4.69) is 48.5 Å². The molecular formula is C16H24OP-. The Morgan fingerprint density at radius 1 is 0.944 bits per heavy atom. The molecule has 0 radical (unpaired) electrons. The molecule has 1 aromatic rings. The van der Waals surface area contributed by atoms with Crippen LogP contribution in [0.3, 0.4) is 0 Å². The second-order valence-corrected chi connectivity index (χ2v) is 6.74. The van der Waals surface area contributed by atoms with Crippen LogP contribution in [0.15, 0.2) is 0 Å². The number of hydrogen-bond donors (Lipinski definition) is 0. The minimum Gasteiger partial charge on any atom is -0.824 e. The monoisotopic (exact) mass is 263 g/mol. The molecule has 0 spiro atoms.